The number of aliphatic hydroxyl groups excluding tert-OH is 1. The van der Waals surface area contributed by atoms with Crippen LogP contribution in [0.25, 0.3) is 0 Å². The van der Waals surface area contributed by atoms with Gasteiger partial charge in [0.05, 0.1) is 6.61 Å². The number of rotatable bonds is 8. The first-order valence-corrected chi connectivity index (χ1v) is 6.93. The van der Waals surface area contributed by atoms with Crippen LogP contribution in [-0.2, 0) is 4.79 Å². The minimum atomic E-state index is -0.175. The maximum absolute atomic E-state index is 11.8. The van der Waals surface area contributed by atoms with Crippen LogP contribution in [0.15, 0.2) is 29.5 Å². The number of nitrogens with one attached hydrogen (secondary N) is 1. The molecule has 2 N–H and O–H groups in total. The molecule has 0 atom stereocenters. The SMILES string of the molecule is C=CCN(CCO)C(=O)CCNC(=O)c1ccsc1. The molecule has 1 rings (SSSR count). The molecular weight excluding hydrogens is 264 g/mol. The zero-order chi connectivity index (χ0) is 14.1. The summed E-state index contributed by atoms with van der Waals surface area (Å²) in [5.74, 6) is -0.286. The van der Waals surface area contributed by atoms with E-state index in [1.165, 1.54) is 16.2 Å². The third-order valence-corrected chi connectivity index (χ3v) is 3.16. The zero-order valence-electron chi connectivity index (χ0n) is 10.7. The Kier molecular flexibility index (Phi) is 6.84. The molecule has 0 aliphatic heterocycles. The number of hydrogen-bond donors (Lipinski definition) is 2. The van der Waals surface area contributed by atoms with E-state index < -0.39 is 0 Å². The highest BCUT2D eigenvalue weighted by Crippen LogP contribution is 2.05. The Morgan fingerprint density at radius 2 is 2.32 bits per heavy atom. The summed E-state index contributed by atoms with van der Waals surface area (Å²) in [4.78, 5) is 24.9. The van der Waals surface area contributed by atoms with Crippen LogP contribution < -0.4 is 5.32 Å². The molecule has 2 amide bonds. The number of amides is 2. The molecule has 0 saturated heterocycles. The number of aliphatic hydroxyl groups is 1. The van der Waals surface area contributed by atoms with Crippen LogP contribution in [0.5, 0.6) is 0 Å². The molecule has 0 fully saturated rings. The largest absolute Gasteiger partial charge is 0.395 e. The van der Waals surface area contributed by atoms with E-state index in [4.69, 9.17) is 5.11 Å². The Morgan fingerprint density at radius 3 is 2.89 bits per heavy atom. The predicted molar refractivity (Wildman–Crippen MR) is 75.1 cm³/mol. The van der Waals surface area contributed by atoms with Crippen LogP contribution in [0.4, 0.5) is 0 Å². The van der Waals surface area contributed by atoms with Crippen LogP contribution in [-0.4, -0.2) is 48.1 Å². The molecule has 0 unspecified atom stereocenters. The monoisotopic (exact) mass is 282 g/mol. The summed E-state index contributed by atoms with van der Waals surface area (Å²) in [5.41, 5.74) is 0.607. The van der Waals surface area contributed by atoms with E-state index in [-0.39, 0.29) is 37.9 Å². The smallest absolute Gasteiger partial charge is 0.252 e. The molecule has 0 saturated carbocycles. The number of carbonyl (C=O) groups excluding carboxylic acids is 2. The first-order chi connectivity index (χ1) is 9.19. The fraction of sp³-hybridized carbons (Fsp3) is 0.385. The summed E-state index contributed by atoms with van der Waals surface area (Å²) in [6.45, 7) is 4.45. The molecular formula is C13H18N2O3S. The van der Waals surface area contributed by atoms with Gasteiger partial charge in [0.1, 0.15) is 0 Å². The molecule has 6 heteroatoms. The minimum Gasteiger partial charge on any atom is -0.395 e. The molecule has 1 aromatic rings. The fourth-order valence-corrected chi connectivity index (χ4v) is 2.17. The first kappa shape index (κ1) is 15.4. The Bertz CT molecular complexity index is 418. The Morgan fingerprint density at radius 1 is 1.53 bits per heavy atom. The van der Waals surface area contributed by atoms with Gasteiger partial charge in [0.25, 0.3) is 5.91 Å². The van der Waals surface area contributed by atoms with Gasteiger partial charge in [0, 0.05) is 37.0 Å². The summed E-state index contributed by atoms with van der Waals surface area (Å²) in [5, 5.41) is 15.1. The fourth-order valence-electron chi connectivity index (χ4n) is 1.53. The van der Waals surface area contributed by atoms with E-state index in [9.17, 15) is 9.59 Å². The quantitative estimate of drug-likeness (QED) is 0.695. The van der Waals surface area contributed by atoms with Crippen LogP contribution in [0, 0.1) is 0 Å². The highest BCUT2D eigenvalue weighted by molar-refractivity contribution is 7.08. The average molecular weight is 282 g/mol. The van der Waals surface area contributed by atoms with Crippen LogP contribution in [0.2, 0.25) is 0 Å². The van der Waals surface area contributed by atoms with Gasteiger partial charge in [0.15, 0.2) is 0 Å². The lowest BCUT2D eigenvalue weighted by Gasteiger charge is -2.19. The predicted octanol–water partition coefficient (Wildman–Crippen LogP) is 0.875. The normalized spacial score (nSPS) is 9.95. The molecule has 1 aromatic heterocycles. The lowest BCUT2D eigenvalue weighted by atomic mass is 10.3. The molecule has 19 heavy (non-hydrogen) atoms. The molecule has 0 aliphatic carbocycles. The zero-order valence-corrected chi connectivity index (χ0v) is 11.5. The number of hydrogen-bond acceptors (Lipinski definition) is 4. The average Bonchev–Trinajstić information content (AvgIpc) is 2.92. The second kappa shape index (κ2) is 8.44. The van der Waals surface area contributed by atoms with Crippen molar-refractivity contribution in [3.8, 4) is 0 Å². The van der Waals surface area contributed by atoms with Crippen molar-refractivity contribution in [2.45, 2.75) is 6.42 Å². The van der Waals surface area contributed by atoms with E-state index in [2.05, 4.69) is 11.9 Å². The van der Waals surface area contributed by atoms with Gasteiger partial charge in [-0.05, 0) is 11.4 Å². The summed E-state index contributed by atoms with van der Waals surface area (Å²) >= 11 is 1.45. The molecule has 0 bridgehead atoms. The van der Waals surface area contributed by atoms with Crippen molar-refractivity contribution in [2.75, 3.05) is 26.2 Å². The van der Waals surface area contributed by atoms with Crippen LogP contribution in [0.1, 0.15) is 16.8 Å². The lowest BCUT2D eigenvalue weighted by molar-refractivity contribution is -0.131. The van der Waals surface area contributed by atoms with Gasteiger partial charge in [-0.15, -0.1) is 6.58 Å². The second-order valence-corrected chi connectivity index (χ2v) is 4.65. The Labute approximate surface area is 116 Å². The third-order valence-electron chi connectivity index (χ3n) is 2.48. The number of carbonyl (C=O) groups is 2. The summed E-state index contributed by atoms with van der Waals surface area (Å²) in [7, 11) is 0. The molecule has 0 aromatic carbocycles. The number of nitrogens with zero attached hydrogens (tertiary/aromatic N) is 1. The highest BCUT2D eigenvalue weighted by atomic mass is 32.1. The van der Waals surface area contributed by atoms with E-state index >= 15 is 0 Å². The standard InChI is InChI=1S/C13H18N2O3S/c1-2-6-15(7-8-16)12(17)3-5-14-13(18)11-4-9-19-10-11/h2,4,9-10,16H,1,3,5-8H2,(H,14,18). The third kappa shape index (κ3) is 5.23. The minimum absolute atomic E-state index is 0.0825. The van der Waals surface area contributed by atoms with Crippen molar-refractivity contribution in [2.24, 2.45) is 0 Å². The Hall–Kier alpha value is -1.66. The van der Waals surface area contributed by atoms with E-state index in [0.29, 0.717) is 12.1 Å². The first-order valence-electron chi connectivity index (χ1n) is 5.99. The van der Waals surface area contributed by atoms with Gasteiger partial charge in [-0.25, -0.2) is 0 Å². The molecule has 1 heterocycles. The molecule has 5 nitrogen and oxygen atoms in total. The number of thiophene rings is 1. The van der Waals surface area contributed by atoms with Crippen molar-refractivity contribution >= 4 is 23.2 Å². The van der Waals surface area contributed by atoms with Gasteiger partial charge in [-0.3, -0.25) is 9.59 Å². The molecule has 0 spiro atoms. The topological polar surface area (TPSA) is 69.6 Å². The van der Waals surface area contributed by atoms with Crippen molar-refractivity contribution in [1.82, 2.24) is 10.2 Å². The second-order valence-electron chi connectivity index (χ2n) is 3.87. The van der Waals surface area contributed by atoms with Crippen molar-refractivity contribution in [1.29, 1.82) is 0 Å². The van der Waals surface area contributed by atoms with Gasteiger partial charge >= 0.3 is 0 Å². The van der Waals surface area contributed by atoms with Gasteiger partial charge < -0.3 is 15.3 Å². The van der Waals surface area contributed by atoms with E-state index in [1.807, 2.05) is 5.38 Å². The highest BCUT2D eigenvalue weighted by Gasteiger charge is 2.12. The van der Waals surface area contributed by atoms with Crippen molar-refractivity contribution < 1.29 is 14.7 Å². The van der Waals surface area contributed by atoms with Crippen LogP contribution >= 0.6 is 11.3 Å². The van der Waals surface area contributed by atoms with Gasteiger partial charge in [-0.2, -0.15) is 11.3 Å². The summed E-state index contributed by atoms with van der Waals surface area (Å²) in [6, 6.07) is 1.73. The van der Waals surface area contributed by atoms with Gasteiger partial charge in [0.2, 0.25) is 5.91 Å². The summed E-state index contributed by atoms with van der Waals surface area (Å²) in [6.07, 6.45) is 1.82. The summed E-state index contributed by atoms with van der Waals surface area (Å²) < 4.78 is 0. The van der Waals surface area contributed by atoms with Crippen LogP contribution in [0.3, 0.4) is 0 Å². The Balaban J connectivity index is 2.33. The van der Waals surface area contributed by atoms with Gasteiger partial charge in [-0.1, -0.05) is 6.08 Å². The lowest BCUT2D eigenvalue weighted by Crippen LogP contribution is -2.36. The maximum Gasteiger partial charge on any atom is 0.252 e. The van der Waals surface area contributed by atoms with E-state index in [1.54, 1.807) is 17.5 Å². The van der Waals surface area contributed by atoms with Crippen molar-refractivity contribution in [3.05, 3.63) is 35.0 Å². The van der Waals surface area contributed by atoms with E-state index in [0.717, 1.165) is 0 Å². The maximum atomic E-state index is 11.8. The van der Waals surface area contributed by atoms with Crippen molar-refractivity contribution in [3.63, 3.8) is 0 Å². The molecule has 0 radical (unpaired) electrons. The molecule has 104 valence electrons. The molecule has 0 aliphatic rings.